The van der Waals surface area contributed by atoms with Gasteiger partial charge >= 0.3 is 5.97 Å². The van der Waals surface area contributed by atoms with Crippen LogP contribution in [-0.2, 0) is 4.74 Å². The van der Waals surface area contributed by atoms with Crippen molar-refractivity contribution in [2.75, 3.05) is 12.4 Å². The Balaban J connectivity index is 2.22. The van der Waals surface area contributed by atoms with Crippen molar-refractivity contribution < 1.29 is 14.3 Å². The van der Waals surface area contributed by atoms with Crippen LogP contribution in [0.15, 0.2) is 35.7 Å². The fourth-order valence-electron chi connectivity index (χ4n) is 1.47. The number of carbonyl (C=O) groups is 2. The lowest BCUT2D eigenvalue weighted by atomic mass is 10.2. The summed E-state index contributed by atoms with van der Waals surface area (Å²) in [4.78, 5) is 23.9. The van der Waals surface area contributed by atoms with E-state index in [2.05, 4.69) is 10.1 Å². The molecule has 98 valence electrons. The first-order chi connectivity index (χ1) is 9.11. The molecule has 1 aromatic heterocycles. The predicted octanol–water partition coefficient (Wildman–Crippen LogP) is 3.44. The molecular formula is C13H10ClNO3S. The van der Waals surface area contributed by atoms with E-state index in [0.29, 0.717) is 10.6 Å². The quantitative estimate of drug-likeness (QED) is 0.883. The molecule has 0 aliphatic carbocycles. The Morgan fingerprint density at radius 2 is 2.11 bits per heavy atom. The predicted molar refractivity (Wildman–Crippen MR) is 75.1 cm³/mol. The van der Waals surface area contributed by atoms with Crippen molar-refractivity contribution in [2.45, 2.75) is 0 Å². The van der Waals surface area contributed by atoms with Crippen LogP contribution in [0.5, 0.6) is 0 Å². The number of benzene rings is 1. The number of esters is 1. The van der Waals surface area contributed by atoms with E-state index in [1.54, 1.807) is 18.2 Å². The van der Waals surface area contributed by atoms with Gasteiger partial charge in [-0.15, -0.1) is 11.3 Å². The van der Waals surface area contributed by atoms with Crippen molar-refractivity contribution in [1.29, 1.82) is 0 Å². The summed E-state index contributed by atoms with van der Waals surface area (Å²) >= 11 is 7.23. The largest absolute Gasteiger partial charge is 0.465 e. The van der Waals surface area contributed by atoms with Crippen LogP contribution in [-0.4, -0.2) is 19.0 Å². The van der Waals surface area contributed by atoms with Crippen molar-refractivity contribution in [2.24, 2.45) is 0 Å². The third kappa shape index (κ3) is 3.13. The van der Waals surface area contributed by atoms with Gasteiger partial charge in [0.1, 0.15) is 0 Å². The Morgan fingerprint density at radius 3 is 2.74 bits per heavy atom. The topological polar surface area (TPSA) is 55.4 Å². The maximum absolute atomic E-state index is 11.9. The minimum Gasteiger partial charge on any atom is -0.465 e. The Hall–Kier alpha value is -1.85. The number of carbonyl (C=O) groups excluding carboxylic acids is 2. The zero-order valence-corrected chi connectivity index (χ0v) is 11.5. The maximum Gasteiger partial charge on any atom is 0.339 e. The summed E-state index contributed by atoms with van der Waals surface area (Å²) in [6, 6.07) is 8.16. The normalized spacial score (nSPS) is 10.0. The summed E-state index contributed by atoms with van der Waals surface area (Å²) in [5.41, 5.74) is 0.705. The lowest BCUT2D eigenvalue weighted by Crippen LogP contribution is -2.11. The zero-order chi connectivity index (χ0) is 13.8. The average molecular weight is 296 g/mol. The lowest BCUT2D eigenvalue weighted by Gasteiger charge is -2.07. The summed E-state index contributed by atoms with van der Waals surface area (Å²) in [6.07, 6.45) is 0. The molecule has 0 aliphatic rings. The van der Waals surface area contributed by atoms with Gasteiger partial charge < -0.3 is 10.1 Å². The molecule has 0 spiro atoms. The minimum atomic E-state index is -0.544. The third-order valence-electron chi connectivity index (χ3n) is 2.37. The highest BCUT2D eigenvalue weighted by molar-refractivity contribution is 7.12. The Bertz CT molecular complexity index is 610. The highest BCUT2D eigenvalue weighted by Crippen LogP contribution is 2.22. The smallest absolute Gasteiger partial charge is 0.339 e. The molecule has 0 aliphatic heterocycles. The SMILES string of the molecule is COC(=O)c1cc(NC(=O)c2cccs2)ccc1Cl. The fraction of sp³-hybridized carbons (Fsp3) is 0.0769. The molecule has 0 fully saturated rings. The molecule has 1 aromatic carbocycles. The first kappa shape index (κ1) is 13.6. The highest BCUT2D eigenvalue weighted by Gasteiger charge is 2.13. The van der Waals surface area contributed by atoms with E-state index in [4.69, 9.17) is 11.6 Å². The summed E-state index contributed by atoms with van der Waals surface area (Å²) in [5.74, 6) is -0.773. The van der Waals surface area contributed by atoms with Gasteiger partial charge in [-0.2, -0.15) is 0 Å². The molecule has 1 amide bonds. The van der Waals surface area contributed by atoms with E-state index < -0.39 is 5.97 Å². The molecule has 2 aromatic rings. The van der Waals surface area contributed by atoms with Crippen LogP contribution in [0.4, 0.5) is 5.69 Å². The summed E-state index contributed by atoms with van der Waals surface area (Å²) in [5, 5.41) is 4.79. The number of halogens is 1. The van der Waals surface area contributed by atoms with E-state index in [1.807, 2.05) is 5.38 Å². The summed E-state index contributed by atoms with van der Waals surface area (Å²) in [6.45, 7) is 0. The number of hydrogen-bond acceptors (Lipinski definition) is 4. The monoisotopic (exact) mass is 295 g/mol. The lowest BCUT2D eigenvalue weighted by molar-refractivity contribution is 0.0600. The Kier molecular flexibility index (Phi) is 4.19. The van der Waals surface area contributed by atoms with Crippen LogP contribution in [0.25, 0.3) is 0 Å². The van der Waals surface area contributed by atoms with Crippen LogP contribution in [0.1, 0.15) is 20.0 Å². The molecule has 0 saturated heterocycles. The number of anilines is 1. The van der Waals surface area contributed by atoms with Crippen molar-refractivity contribution in [3.63, 3.8) is 0 Å². The molecule has 0 atom stereocenters. The van der Waals surface area contributed by atoms with Gasteiger partial charge in [0.2, 0.25) is 0 Å². The van der Waals surface area contributed by atoms with Crippen LogP contribution >= 0.6 is 22.9 Å². The highest BCUT2D eigenvalue weighted by atomic mass is 35.5. The summed E-state index contributed by atoms with van der Waals surface area (Å²) < 4.78 is 4.62. The number of amides is 1. The molecule has 0 radical (unpaired) electrons. The first-order valence-electron chi connectivity index (χ1n) is 5.34. The number of hydrogen-bond donors (Lipinski definition) is 1. The molecule has 0 unspecified atom stereocenters. The molecular weight excluding hydrogens is 286 g/mol. The van der Waals surface area contributed by atoms with Crippen LogP contribution < -0.4 is 5.32 Å². The van der Waals surface area contributed by atoms with E-state index in [-0.39, 0.29) is 16.5 Å². The van der Waals surface area contributed by atoms with Crippen molar-refractivity contribution in [3.8, 4) is 0 Å². The van der Waals surface area contributed by atoms with E-state index in [0.717, 1.165) is 0 Å². The van der Waals surface area contributed by atoms with Crippen molar-refractivity contribution in [3.05, 3.63) is 51.2 Å². The second kappa shape index (κ2) is 5.86. The molecule has 2 rings (SSSR count). The first-order valence-corrected chi connectivity index (χ1v) is 6.60. The van der Waals surface area contributed by atoms with Gasteiger partial charge in [-0.1, -0.05) is 17.7 Å². The second-order valence-electron chi connectivity index (χ2n) is 3.62. The molecule has 0 bridgehead atoms. The third-order valence-corrected chi connectivity index (χ3v) is 3.57. The molecule has 1 heterocycles. The number of rotatable bonds is 3. The fourth-order valence-corrected chi connectivity index (χ4v) is 2.28. The summed E-state index contributed by atoms with van der Waals surface area (Å²) in [7, 11) is 1.27. The van der Waals surface area contributed by atoms with Gasteiger partial charge in [0.25, 0.3) is 5.91 Å². The molecule has 0 saturated carbocycles. The van der Waals surface area contributed by atoms with Gasteiger partial charge in [0, 0.05) is 5.69 Å². The minimum absolute atomic E-state index is 0.216. The maximum atomic E-state index is 11.9. The van der Waals surface area contributed by atoms with Gasteiger partial charge in [0.15, 0.2) is 0 Å². The van der Waals surface area contributed by atoms with E-state index in [9.17, 15) is 9.59 Å². The van der Waals surface area contributed by atoms with Crippen LogP contribution in [0, 0.1) is 0 Å². The molecule has 19 heavy (non-hydrogen) atoms. The second-order valence-corrected chi connectivity index (χ2v) is 4.97. The zero-order valence-electron chi connectivity index (χ0n) is 9.98. The number of ether oxygens (including phenoxy) is 1. The average Bonchev–Trinajstić information content (AvgIpc) is 2.94. The number of nitrogens with one attached hydrogen (secondary N) is 1. The van der Waals surface area contributed by atoms with Crippen LogP contribution in [0.2, 0.25) is 5.02 Å². The van der Waals surface area contributed by atoms with Gasteiger partial charge in [-0.3, -0.25) is 4.79 Å². The van der Waals surface area contributed by atoms with Gasteiger partial charge in [-0.05, 0) is 29.6 Å². The molecule has 4 nitrogen and oxygen atoms in total. The standard InChI is InChI=1S/C13H10ClNO3S/c1-18-13(17)9-7-8(4-5-10(9)14)15-12(16)11-3-2-6-19-11/h2-7H,1H3,(H,15,16). The number of methoxy groups -OCH3 is 1. The van der Waals surface area contributed by atoms with Gasteiger partial charge in [0.05, 0.1) is 22.6 Å². The molecule has 6 heteroatoms. The Morgan fingerprint density at radius 1 is 1.32 bits per heavy atom. The van der Waals surface area contributed by atoms with Crippen molar-refractivity contribution in [1.82, 2.24) is 0 Å². The molecule has 1 N–H and O–H groups in total. The van der Waals surface area contributed by atoms with Crippen molar-refractivity contribution >= 4 is 40.5 Å². The van der Waals surface area contributed by atoms with E-state index >= 15 is 0 Å². The van der Waals surface area contributed by atoms with Gasteiger partial charge in [-0.25, -0.2) is 4.79 Å². The van der Waals surface area contributed by atoms with E-state index in [1.165, 1.54) is 30.6 Å². The Labute approximate surface area is 119 Å². The van der Waals surface area contributed by atoms with Crippen LogP contribution in [0.3, 0.4) is 0 Å². The number of thiophene rings is 1.